The Kier molecular flexibility index (Phi) is 4.37. The largest absolute Gasteiger partial charge is 0.370 e. The van der Waals surface area contributed by atoms with Gasteiger partial charge in [-0.1, -0.05) is 13.3 Å². The molecule has 1 aromatic carbocycles. The number of amides is 1. The minimum absolute atomic E-state index is 0.0531. The van der Waals surface area contributed by atoms with Gasteiger partial charge in [-0.3, -0.25) is 4.79 Å². The van der Waals surface area contributed by atoms with Crippen LogP contribution < -0.4 is 11.1 Å². The molecular weight excluding hydrogens is 292 g/mol. The Balaban J connectivity index is 1.78. The van der Waals surface area contributed by atoms with Gasteiger partial charge in [0.05, 0.1) is 16.6 Å². The van der Waals surface area contributed by atoms with Crippen LogP contribution in [0.5, 0.6) is 0 Å². The molecule has 0 radical (unpaired) electrons. The number of rotatable bonds is 5. The first-order valence-electron chi connectivity index (χ1n) is 8.21. The van der Waals surface area contributed by atoms with Crippen molar-refractivity contribution in [3.05, 3.63) is 24.0 Å². The highest BCUT2D eigenvalue weighted by Crippen LogP contribution is 2.28. The number of imidazole rings is 1. The Morgan fingerprint density at radius 3 is 3.09 bits per heavy atom. The van der Waals surface area contributed by atoms with Gasteiger partial charge in [-0.15, -0.1) is 0 Å². The number of carbonyl (C=O) groups is 1. The number of aromatic amines is 1. The standard InChI is InChI=1S/C17H24N4O2/c1-3-8-17(2,18)16(22)19-11-6-7-12-13(10-11)21-15(20-12)14-5-4-9-23-14/h6-7,10,14H,3-5,8-9,18H2,1-2H3,(H,19,22)(H,20,21). The second-order valence-corrected chi connectivity index (χ2v) is 6.48. The van der Waals surface area contributed by atoms with Crippen molar-refractivity contribution in [2.45, 2.75) is 51.2 Å². The molecule has 2 unspecified atom stereocenters. The third kappa shape index (κ3) is 3.38. The number of nitrogens with zero attached hydrogens (tertiary/aromatic N) is 1. The Bertz CT molecular complexity index is 702. The van der Waals surface area contributed by atoms with Crippen molar-refractivity contribution in [1.29, 1.82) is 0 Å². The molecule has 1 fully saturated rings. The zero-order valence-corrected chi connectivity index (χ0v) is 13.7. The number of H-pyrrole nitrogens is 1. The van der Waals surface area contributed by atoms with Gasteiger partial charge >= 0.3 is 0 Å². The van der Waals surface area contributed by atoms with Gasteiger partial charge in [0, 0.05) is 12.3 Å². The molecule has 1 aliphatic rings. The minimum Gasteiger partial charge on any atom is -0.370 e. The van der Waals surface area contributed by atoms with Crippen molar-refractivity contribution in [2.24, 2.45) is 5.73 Å². The minimum atomic E-state index is -0.861. The highest BCUT2D eigenvalue weighted by Gasteiger charge is 2.27. The van der Waals surface area contributed by atoms with E-state index in [1.165, 1.54) is 0 Å². The van der Waals surface area contributed by atoms with E-state index in [9.17, 15) is 4.79 Å². The molecule has 3 rings (SSSR count). The van der Waals surface area contributed by atoms with Crippen LogP contribution in [0.3, 0.4) is 0 Å². The van der Waals surface area contributed by atoms with Gasteiger partial charge in [-0.25, -0.2) is 4.98 Å². The summed E-state index contributed by atoms with van der Waals surface area (Å²) in [6.45, 7) is 4.56. The maximum absolute atomic E-state index is 12.3. The van der Waals surface area contributed by atoms with E-state index >= 15 is 0 Å². The van der Waals surface area contributed by atoms with Crippen LogP contribution in [0.25, 0.3) is 11.0 Å². The topological polar surface area (TPSA) is 93.0 Å². The van der Waals surface area contributed by atoms with E-state index in [2.05, 4.69) is 15.3 Å². The molecule has 6 heteroatoms. The SMILES string of the molecule is CCCC(C)(N)C(=O)Nc1ccc2nc(C3CCCO3)[nH]c2c1. The molecule has 2 heterocycles. The monoisotopic (exact) mass is 316 g/mol. The van der Waals surface area contributed by atoms with Crippen LogP contribution in [0.1, 0.15) is 51.5 Å². The van der Waals surface area contributed by atoms with Crippen LogP contribution in [0.15, 0.2) is 18.2 Å². The molecule has 0 saturated carbocycles. The number of aromatic nitrogens is 2. The Labute approximate surface area is 135 Å². The summed E-state index contributed by atoms with van der Waals surface area (Å²) >= 11 is 0. The van der Waals surface area contributed by atoms with Gasteiger partial charge in [-0.2, -0.15) is 0 Å². The van der Waals surface area contributed by atoms with Gasteiger partial charge in [-0.05, 0) is 44.4 Å². The molecule has 124 valence electrons. The zero-order valence-electron chi connectivity index (χ0n) is 13.7. The quantitative estimate of drug-likeness (QED) is 0.790. The molecule has 1 aliphatic heterocycles. The molecule has 1 saturated heterocycles. The molecule has 0 aliphatic carbocycles. The molecule has 0 bridgehead atoms. The first-order valence-corrected chi connectivity index (χ1v) is 8.21. The number of carbonyl (C=O) groups excluding carboxylic acids is 1. The summed E-state index contributed by atoms with van der Waals surface area (Å²) in [6, 6.07) is 5.64. The van der Waals surface area contributed by atoms with Crippen molar-refractivity contribution in [3.8, 4) is 0 Å². The summed E-state index contributed by atoms with van der Waals surface area (Å²) in [5.41, 5.74) is 7.69. The first-order chi connectivity index (χ1) is 11.0. The second-order valence-electron chi connectivity index (χ2n) is 6.48. The van der Waals surface area contributed by atoms with Gasteiger partial charge in [0.2, 0.25) is 5.91 Å². The lowest BCUT2D eigenvalue weighted by molar-refractivity contribution is -0.120. The average molecular weight is 316 g/mol. The maximum Gasteiger partial charge on any atom is 0.244 e. The van der Waals surface area contributed by atoms with Crippen molar-refractivity contribution in [1.82, 2.24) is 9.97 Å². The van der Waals surface area contributed by atoms with E-state index < -0.39 is 5.54 Å². The van der Waals surface area contributed by atoms with E-state index in [0.717, 1.165) is 48.4 Å². The summed E-state index contributed by atoms with van der Waals surface area (Å²) in [4.78, 5) is 20.2. The third-order valence-electron chi connectivity index (χ3n) is 4.28. The van der Waals surface area contributed by atoms with E-state index in [4.69, 9.17) is 10.5 Å². The molecule has 0 spiro atoms. The fraction of sp³-hybridized carbons (Fsp3) is 0.529. The van der Waals surface area contributed by atoms with E-state index in [0.29, 0.717) is 6.42 Å². The van der Waals surface area contributed by atoms with Crippen LogP contribution >= 0.6 is 0 Å². The average Bonchev–Trinajstić information content (AvgIpc) is 3.15. The van der Waals surface area contributed by atoms with Crippen LogP contribution in [0.2, 0.25) is 0 Å². The zero-order chi connectivity index (χ0) is 16.4. The normalized spacial score (nSPS) is 20.6. The van der Waals surface area contributed by atoms with E-state index in [-0.39, 0.29) is 12.0 Å². The number of nitrogens with one attached hydrogen (secondary N) is 2. The fourth-order valence-electron chi connectivity index (χ4n) is 2.96. The maximum atomic E-state index is 12.3. The Morgan fingerprint density at radius 2 is 2.39 bits per heavy atom. The van der Waals surface area contributed by atoms with Crippen LogP contribution in [-0.2, 0) is 9.53 Å². The highest BCUT2D eigenvalue weighted by atomic mass is 16.5. The van der Waals surface area contributed by atoms with Gasteiger partial charge < -0.3 is 20.8 Å². The number of hydrogen-bond donors (Lipinski definition) is 3. The van der Waals surface area contributed by atoms with Gasteiger partial charge in [0.15, 0.2) is 0 Å². The molecule has 6 nitrogen and oxygen atoms in total. The highest BCUT2D eigenvalue weighted by molar-refractivity contribution is 5.98. The number of benzene rings is 1. The van der Waals surface area contributed by atoms with Crippen LogP contribution in [0.4, 0.5) is 5.69 Å². The molecular formula is C17H24N4O2. The predicted octanol–water partition coefficient (Wildman–Crippen LogP) is 2.87. The second kappa shape index (κ2) is 6.29. The van der Waals surface area contributed by atoms with Crippen molar-refractivity contribution in [3.63, 3.8) is 0 Å². The molecule has 4 N–H and O–H groups in total. The molecule has 2 atom stereocenters. The fourth-order valence-corrected chi connectivity index (χ4v) is 2.96. The van der Waals surface area contributed by atoms with Gasteiger partial charge in [0.1, 0.15) is 11.9 Å². The third-order valence-corrected chi connectivity index (χ3v) is 4.28. The lowest BCUT2D eigenvalue weighted by Crippen LogP contribution is -2.48. The molecule has 23 heavy (non-hydrogen) atoms. The lowest BCUT2D eigenvalue weighted by atomic mass is 9.96. The van der Waals surface area contributed by atoms with Gasteiger partial charge in [0.25, 0.3) is 0 Å². The van der Waals surface area contributed by atoms with Crippen LogP contribution in [0, 0.1) is 0 Å². The number of ether oxygens (including phenoxy) is 1. The number of fused-ring (bicyclic) bond motifs is 1. The number of nitrogens with two attached hydrogens (primary N) is 1. The smallest absolute Gasteiger partial charge is 0.244 e. The molecule has 1 amide bonds. The predicted molar refractivity (Wildman–Crippen MR) is 90.2 cm³/mol. The lowest BCUT2D eigenvalue weighted by Gasteiger charge is -2.22. The summed E-state index contributed by atoms with van der Waals surface area (Å²) in [6.07, 6.45) is 3.62. The molecule has 1 aromatic heterocycles. The Hall–Kier alpha value is -1.92. The number of hydrogen-bond acceptors (Lipinski definition) is 4. The van der Waals surface area contributed by atoms with Crippen LogP contribution in [-0.4, -0.2) is 28.0 Å². The Morgan fingerprint density at radius 1 is 1.57 bits per heavy atom. The summed E-state index contributed by atoms with van der Waals surface area (Å²) in [5.74, 6) is 0.688. The summed E-state index contributed by atoms with van der Waals surface area (Å²) < 4.78 is 5.65. The number of anilines is 1. The first kappa shape index (κ1) is 16.0. The summed E-state index contributed by atoms with van der Waals surface area (Å²) in [7, 11) is 0. The molecule has 2 aromatic rings. The van der Waals surface area contributed by atoms with Crippen molar-refractivity contribution >= 4 is 22.6 Å². The van der Waals surface area contributed by atoms with E-state index in [1.807, 2.05) is 25.1 Å². The van der Waals surface area contributed by atoms with Crippen molar-refractivity contribution < 1.29 is 9.53 Å². The summed E-state index contributed by atoms with van der Waals surface area (Å²) in [5, 5.41) is 2.89. The van der Waals surface area contributed by atoms with E-state index in [1.54, 1.807) is 6.92 Å². The van der Waals surface area contributed by atoms with Crippen molar-refractivity contribution in [2.75, 3.05) is 11.9 Å².